The maximum atomic E-state index is 12.7. The highest BCUT2D eigenvalue weighted by Gasteiger charge is 2.31. The molecule has 0 radical (unpaired) electrons. The second-order valence-corrected chi connectivity index (χ2v) is 5.45. The number of imidazole rings is 1. The predicted molar refractivity (Wildman–Crippen MR) is 80.4 cm³/mol. The minimum atomic E-state index is -4.40. The van der Waals surface area contributed by atoms with Crippen molar-refractivity contribution in [3.8, 4) is 28.7 Å². The smallest absolute Gasteiger partial charge is 0.408 e. The van der Waals surface area contributed by atoms with E-state index in [0.717, 1.165) is 11.0 Å². The Morgan fingerprint density at radius 2 is 2.08 bits per heavy atom. The van der Waals surface area contributed by atoms with Gasteiger partial charge in [0.25, 0.3) is 0 Å². The Hall–Kier alpha value is -3.11. The molecule has 0 saturated heterocycles. The zero-order chi connectivity index (χ0) is 17.6. The molecule has 1 aliphatic heterocycles. The molecule has 130 valence electrons. The number of nitrogen functional groups attached to an aromatic ring is 1. The van der Waals surface area contributed by atoms with Gasteiger partial charge in [-0.1, -0.05) is 0 Å². The molecule has 0 amide bonds. The standard InChI is InChI=1S/C14H12F3N7O/c15-14(16,17)6-24-13(20-7-21-24)9-5-23-1-2-25-10-3-11(18)19-4-8(10)12(23)22-9/h3-5,7H,1-2,6H2,(H2,18,19). The van der Waals surface area contributed by atoms with Gasteiger partial charge in [0.1, 0.15) is 42.6 Å². The number of nitrogens with zero attached hydrogens (tertiary/aromatic N) is 6. The maximum absolute atomic E-state index is 12.7. The normalized spacial score (nSPS) is 13.7. The molecule has 25 heavy (non-hydrogen) atoms. The largest absolute Gasteiger partial charge is 0.491 e. The number of hydrogen-bond donors (Lipinski definition) is 1. The lowest BCUT2D eigenvalue weighted by molar-refractivity contribution is -0.142. The van der Waals surface area contributed by atoms with Crippen molar-refractivity contribution in [2.45, 2.75) is 19.3 Å². The number of rotatable bonds is 2. The molecule has 0 atom stereocenters. The van der Waals surface area contributed by atoms with Gasteiger partial charge in [0.05, 0.1) is 12.1 Å². The van der Waals surface area contributed by atoms with Crippen LogP contribution in [0.1, 0.15) is 0 Å². The van der Waals surface area contributed by atoms with Gasteiger partial charge >= 0.3 is 6.18 Å². The molecule has 0 spiro atoms. The van der Waals surface area contributed by atoms with Crippen molar-refractivity contribution in [3.63, 3.8) is 0 Å². The quantitative estimate of drug-likeness (QED) is 0.755. The highest BCUT2D eigenvalue weighted by Crippen LogP contribution is 2.34. The molecule has 2 N–H and O–H groups in total. The van der Waals surface area contributed by atoms with Crippen LogP contribution in [0.25, 0.3) is 22.9 Å². The van der Waals surface area contributed by atoms with Crippen molar-refractivity contribution in [3.05, 3.63) is 24.8 Å². The van der Waals surface area contributed by atoms with Crippen LogP contribution in [-0.2, 0) is 13.1 Å². The average Bonchev–Trinajstić information content (AvgIpc) is 3.09. The molecule has 0 saturated carbocycles. The Morgan fingerprint density at radius 1 is 1.24 bits per heavy atom. The molecule has 0 aliphatic carbocycles. The van der Waals surface area contributed by atoms with Crippen LogP contribution < -0.4 is 10.5 Å². The van der Waals surface area contributed by atoms with Crippen LogP contribution in [0.3, 0.4) is 0 Å². The number of aromatic nitrogens is 6. The van der Waals surface area contributed by atoms with Crippen LogP contribution in [0, 0.1) is 0 Å². The maximum Gasteiger partial charge on any atom is 0.408 e. The van der Waals surface area contributed by atoms with Crippen molar-refractivity contribution in [2.75, 3.05) is 12.3 Å². The minimum absolute atomic E-state index is 0.0452. The third-order valence-electron chi connectivity index (χ3n) is 3.67. The molecule has 3 aromatic heterocycles. The molecule has 11 heteroatoms. The topological polar surface area (TPSA) is 96.7 Å². The molecule has 4 heterocycles. The molecule has 8 nitrogen and oxygen atoms in total. The lowest BCUT2D eigenvalue weighted by Gasteiger charge is -2.08. The first kappa shape index (κ1) is 15.4. The van der Waals surface area contributed by atoms with Crippen LogP contribution in [0.4, 0.5) is 19.0 Å². The zero-order valence-corrected chi connectivity index (χ0v) is 12.7. The summed E-state index contributed by atoms with van der Waals surface area (Å²) in [4.78, 5) is 12.4. The van der Waals surface area contributed by atoms with Gasteiger partial charge < -0.3 is 15.0 Å². The van der Waals surface area contributed by atoms with Crippen LogP contribution in [0.2, 0.25) is 0 Å². The first-order valence-electron chi connectivity index (χ1n) is 7.31. The van der Waals surface area contributed by atoms with E-state index in [1.165, 1.54) is 6.20 Å². The van der Waals surface area contributed by atoms with E-state index in [4.69, 9.17) is 10.5 Å². The third-order valence-corrected chi connectivity index (χ3v) is 3.67. The van der Waals surface area contributed by atoms with E-state index < -0.39 is 12.7 Å². The van der Waals surface area contributed by atoms with Crippen LogP contribution >= 0.6 is 0 Å². The van der Waals surface area contributed by atoms with Crippen molar-refractivity contribution < 1.29 is 17.9 Å². The first-order valence-corrected chi connectivity index (χ1v) is 7.31. The van der Waals surface area contributed by atoms with E-state index in [1.54, 1.807) is 16.8 Å². The molecule has 0 bridgehead atoms. The van der Waals surface area contributed by atoms with Crippen LogP contribution in [0.15, 0.2) is 24.8 Å². The number of ether oxygens (including phenoxy) is 1. The predicted octanol–water partition coefficient (Wildman–Crippen LogP) is 1.74. The van der Waals surface area contributed by atoms with E-state index >= 15 is 0 Å². The Balaban J connectivity index is 1.79. The molecule has 3 aromatic rings. The van der Waals surface area contributed by atoms with E-state index in [-0.39, 0.29) is 5.82 Å². The summed E-state index contributed by atoms with van der Waals surface area (Å²) in [5, 5.41) is 3.64. The summed E-state index contributed by atoms with van der Waals surface area (Å²) >= 11 is 0. The summed E-state index contributed by atoms with van der Waals surface area (Å²) in [7, 11) is 0. The molecule has 0 fully saturated rings. The van der Waals surface area contributed by atoms with Gasteiger partial charge in [-0.2, -0.15) is 18.3 Å². The first-order chi connectivity index (χ1) is 11.9. The monoisotopic (exact) mass is 351 g/mol. The SMILES string of the molecule is Nc1cc2c(cn1)-c1nc(-c3ncnn3CC(F)(F)F)cn1CCO2. The Bertz CT molecular complexity index is 931. The van der Waals surface area contributed by atoms with Crippen molar-refractivity contribution in [1.82, 2.24) is 29.3 Å². The van der Waals surface area contributed by atoms with Crippen molar-refractivity contribution in [1.29, 1.82) is 0 Å². The fourth-order valence-electron chi connectivity index (χ4n) is 2.65. The lowest BCUT2D eigenvalue weighted by Crippen LogP contribution is -2.19. The summed E-state index contributed by atoms with van der Waals surface area (Å²) in [6.07, 6.45) is -0.174. The summed E-state index contributed by atoms with van der Waals surface area (Å²) in [5.74, 6) is 1.41. The van der Waals surface area contributed by atoms with E-state index in [1.807, 2.05) is 0 Å². The number of anilines is 1. The number of pyridine rings is 1. The number of alkyl halides is 3. The fourth-order valence-corrected chi connectivity index (χ4v) is 2.65. The molecule has 1 aliphatic rings. The highest BCUT2D eigenvalue weighted by molar-refractivity contribution is 5.68. The van der Waals surface area contributed by atoms with E-state index in [2.05, 4.69) is 20.1 Å². The fraction of sp³-hybridized carbons (Fsp3) is 0.286. The van der Waals surface area contributed by atoms with E-state index in [9.17, 15) is 13.2 Å². The van der Waals surface area contributed by atoms with E-state index in [0.29, 0.717) is 41.8 Å². The van der Waals surface area contributed by atoms with Crippen molar-refractivity contribution in [2.24, 2.45) is 0 Å². The zero-order valence-electron chi connectivity index (χ0n) is 12.7. The molecular formula is C14H12F3N7O. The van der Waals surface area contributed by atoms with Gasteiger partial charge in [-0.05, 0) is 0 Å². The highest BCUT2D eigenvalue weighted by atomic mass is 19.4. The second kappa shape index (κ2) is 5.46. The van der Waals surface area contributed by atoms with Gasteiger partial charge in [-0.25, -0.2) is 19.6 Å². The molecular weight excluding hydrogens is 339 g/mol. The number of nitrogens with two attached hydrogens (primary N) is 1. The van der Waals surface area contributed by atoms with Crippen molar-refractivity contribution >= 4 is 5.82 Å². The van der Waals surface area contributed by atoms with Gasteiger partial charge in [0.2, 0.25) is 0 Å². The number of halogens is 3. The number of hydrogen-bond acceptors (Lipinski definition) is 6. The summed E-state index contributed by atoms with van der Waals surface area (Å²) < 4.78 is 46.2. The lowest BCUT2D eigenvalue weighted by atomic mass is 10.2. The molecule has 0 unspecified atom stereocenters. The number of fused-ring (bicyclic) bond motifs is 3. The summed E-state index contributed by atoms with van der Waals surface area (Å²) in [6.45, 7) is -0.388. The Labute approximate surface area is 139 Å². The van der Waals surface area contributed by atoms with Gasteiger partial charge in [-0.15, -0.1) is 0 Å². The molecule has 4 rings (SSSR count). The summed E-state index contributed by atoms with van der Waals surface area (Å²) in [6, 6.07) is 1.59. The second-order valence-electron chi connectivity index (χ2n) is 5.45. The minimum Gasteiger partial charge on any atom is -0.491 e. The van der Waals surface area contributed by atoms with Crippen LogP contribution in [0.5, 0.6) is 5.75 Å². The Kier molecular flexibility index (Phi) is 3.37. The molecule has 0 aromatic carbocycles. The van der Waals surface area contributed by atoms with Gasteiger partial charge in [-0.3, -0.25) is 0 Å². The third kappa shape index (κ3) is 2.88. The summed E-state index contributed by atoms with van der Waals surface area (Å²) in [5.41, 5.74) is 6.57. The van der Waals surface area contributed by atoms with Crippen LogP contribution in [-0.4, -0.2) is 42.1 Å². The van der Waals surface area contributed by atoms with Gasteiger partial charge in [0, 0.05) is 18.5 Å². The average molecular weight is 351 g/mol. The van der Waals surface area contributed by atoms with Gasteiger partial charge in [0.15, 0.2) is 5.82 Å². The Morgan fingerprint density at radius 3 is 2.88 bits per heavy atom.